The number of alkyl halides is 6. The van der Waals surface area contributed by atoms with Gasteiger partial charge in [-0.2, -0.15) is 26.3 Å². The first-order valence-corrected chi connectivity index (χ1v) is 5.30. The number of pyridine rings is 1. The molecule has 0 saturated heterocycles. The molecule has 1 radical (unpaired) electrons. The molecule has 1 aromatic heterocycles. The van der Waals surface area contributed by atoms with E-state index in [1.54, 1.807) is 0 Å². The summed E-state index contributed by atoms with van der Waals surface area (Å²) >= 11 is 0. The predicted octanol–water partition coefficient (Wildman–Crippen LogP) is 4.59. The molecular weight excluding hydrogens is 284 g/mol. The average molecular weight is 290 g/mol. The van der Waals surface area contributed by atoms with E-state index in [1.807, 2.05) is 0 Å². The van der Waals surface area contributed by atoms with Crippen molar-refractivity contribution in [2.75, 3.05) is 0 Å². The summed E-state index contributed by atoms with van der Waals surface area (Å²) in [6, 6.07) is 6.50. The zero-order chi connectivity index (χ0) is 15.0. The van der Waals surface area contributed by atoms with Crippen LogP contribution >= 0.6 is 0 Å². The van der Waals surface area contributed by atoms with E-state index in [0.29, 0.717) is 12.1 Å². The van der Waals surface area contributed by atoms with Crippen LogP contribution in [-0.4, -0.2) is 4.98 Å². The van der Waals surface area contributed by atoms with Crippen molar-refractivity contribution < 1.29 is 26.3 Å². The van der Waals surface area contributed by atoms with Crippen LogP contribution in [0, 0.1) is 6.07 Å². The number of rotatable bonds is 1. The van der Waals surface area contributed by atoms with Crippen molar-refractivity contribution in [2.24, 2.45) is 0 Å². The lowest BCUT2D eigenvalue weighted by atomic mass is 10.0. The molecule has 1 nitrogen and oxygen atoms in total. The quantitative estimate of drug-likeness (QED) is 0.700. The maximum Gasteiger partial charge on any atom is 0.416 e. The molecule has 0 unspecified atom stereocenters. The van der Waals surface area contributed by atoms with Gasteiger partial charge in [-0.15, -0.1) is 0 Å². The van der Waals surface area contributed by atoms with E-state index in [2.05, 4.69) is 11.1 Å². The summed E-state index contributed by atoms with van der Waals surface area (Å²) in [5, 5.41) is 0. The van der Waals surface area contributed by atoms with Gasteiger partial charge in [-0.1, -0.05) is 0 Å². The minimum Gasteiger partial charge on any atom is -0.256 e. The van der Waals surface area contributed by atoms with Crippen molar-refractivity contribution in [3.05, 3.63) is 53.7 Å². The fourth-order valence-corrected chi connectivity index (χ4v) is 1.59. The van der Waals surface area contributed by atoms with Gasteiger partial charge >= 0.3 is 12.4 Å². The van der Waals surface area contributed by atoms with Crippen LogP contribution in [0.1, 0.15) is 11.1 Å². The van der Waals surface area contributed by atoms with Crippen LogP contribution in [0.4, 0.5) is 26.3 Å². The Morgan fingerprint density at radius 1 is 0.850 bits per heavy atom. The van der Waals surface area contributed by atoms with Gasteiger partial charge in [-0.25, -0.2) is 0 Å². The van der Waals surface area contributed by atoms with E-state index in [-0.39, 0.29) is 17.3 Å². The van der Waals surface area contributed by atoms with Gasteiger partial charge in [0.1, 0.15) is 0 Å². The van der Waals surface area contributed by atoms with Crippen molar-refractivity contribution in [1.29, 1.82) is 0 Å². The van der Waals surface area contributed by atoms with E-state index in [9.17, 15) is 26.3 Å². The van der Waals surface area contributed by atoms with Crippen molar-refractivity contribution >= 4 is 0 Å². The molecule has 0 aliphatic heterocycles. The van der Waals surface area contributed by atoms with Gasteiger partial charge in [0.15, 0.2) is 0 Å². The maximum absolute atomic E-state index is 12.7. The normalized spacial score (nSPS) is 12.5. The highest BCUT2D eigenvalue weighted by Gasteiger charge is 2.37. The summed E-state index contributed by atoms with van der Waals surface area (Å²) in [7, 11) is 0. The molecule has 0 amide bonds. The van der Waals surface area contributed by atoms with Crippen LogP contribution in [0.15, 0.2) is 36.5 Å². The summed E-state index contributed by atoms with van der Waals surface area (Å²) in [4.78, 5) is 3.73. The van der Waals surface area contributed by atoms with E-state index < -0.39 is 23.5 Å². The highest BCUT2D eigenvalue weighted by Crippen LogP contribution is 2.38. The average Bonchev–Trinajstić information content (AvgIpc) is 2.37. The number of hydrogen-bond donors (Lipinski definition) is 0. The van der Waals surface area contributed by atoms with Gasteiger partial charge < -0.3 is 0 Å². The molecule has 0 spiro atoms. The largest absolute Gasteiger partial charge is 0.416 e. The minimum atomic E-state index is -4.87. The van der Waals surface area contributed by atoms with E-state index in [4.69, 9.17) is 0 Å². The zero-order valence-corrected chi connectivity index (χ0v) is 9.68. The van der Waals surface area contributed by atoms with Gasteiger partial charge in [0.25, 0.3) is 0 Å². The molecule has 0 bridgehead atoms. The number of benzene rings is 1. The molecule has 0 aliphatic carbocycles. The second-order valence-electron chi connectivity index (χ2n) is 3.94. The molecule has 0 atom stereocenters. The molecule has 0 aliphatic rings. The van der Waals surface area contributed by atoms with Crippen molar-refractivity contribution in [3.63, 3.8) is 0 Å². The highest BCUT2D eigenvalue weighted by atomic mass is 19.4. The smallest absolute Gasteiger partial charge is 0.256 e. The molecule has 20 heavy (non-hydrogen) atoms. The number of aromatic nitrogens is 1. The molecule has 105 valence electrons. The Morgan fingerprint density at radius 2 is 1.40 bits per heavy atom. The van der Waals surface area contributed by atoms with Crippen molar-refractivity contribution in [3.8, 4) is 11.3 Å². The van der Waals surface area contributed by atoms with E-state index >= 15 is 0 Å². The first kappa shape index (κ1) is 14.4. The van der Waals surface area contributed by atoms with E-state index in [0.717, 1.165) is 0 Å². The lowest BCUT2D eigenvalue weighted by Gasteiger charge is -2.13. The summed E-state index contributed by atoms with van der Waals surface area (Å²) in [6.07, 6.45) is -8.49. The summed E-state index contributed by atoms with van der Waals surface area (Å²) in [6.45, 7) is 0. The van der Waals surface area contributed by atoms with Crippen LogP contribution in [0.5, 0.6) is 0 Å². The first-order valence-electron chi connectivity index (χ1n) is 5.30. The van der Waals surface area contributed by atoms with Gasteiger partial charge in [-0.05, 0) is 36.4 Å². The molecule has 0 N–H and O–H groups in total. The fourth-order valence-electron chi connectivity index (χ4n) is 1.59. The van der Waals surface area contributed by atoms with Crippen LogP contribution in [0.3, 0.4) is 0 Å². The van der Waals surface area contributed by atoms with Crippen molar-refractivity contribution in [2.45, 2.75) is 12.4 Å². The maximum atomic E-state index is 12.7. The zero-order valence-electron chi connectivity index (χ0n) is 9.68. The Hall–Kier alpha value is -2.05. The number of hydrogen-bond acceptors (Lipinski definition) is 1. The molecule has 7 heteroatoms. The second-order valence-corrected chi connectivity index (χ2v) is 3.94. The Morgan fingerprint density at radius 3 is 1.80 bits per heavy atom. The van der Waals surface area contributed by atoms with Crippen LogP contribution in [0.2, 0.25) is 0 Å². The Kier molecular flexibility index (Phi) is 3.45. The monoisotopic (exact) mass is 290 g/mol. The van der Waals surface area contributed by atoms with Gasteiger partial charge in [-0.3, -0.25) is 4.98 Å². The fraction of sp³-hybridized carbons (Fsp3) is 0.154. The Labute approximate surface area is 109 Å². The molecule has 0 fully saturated rings. The predicted molar refractivity (Wildman–Crippen MR) is 58.5 cm³/mol. The second kappa shape index (κ2) is 4.81. The van der Waals surface area contributed by atoms with Gasteiger partial charge in [0, 0.05) is 11.8 Å². The third-order valence-electron chi connectivity index (χ3n) is 2.49. The molecule has 2 rings (SSSR count). The third-order valence-corrected chi connectivity index (χ3v) is 2.49. The lowest BCUT2D eigenvalue weighted by Crippen LogP contribution is -2.11. The SMILES string of the molecule is FC(F)(F)c1cc(-c2c[c]ccn2)cc(C(F)(F)F)c1. The van der Waals surface area contributed by atoms with Crippen LogP contribution in [0.25, 0.3) is 11.3 Å². The first-order chi connectivity index (χ1) is 9.18. The molecule has 1 heterocycles. The molecule has 1 aromatic carbocycles. The summed E-state index contributed by atoms with van der Waals surface area (Å²) < 4.78 is 75.9. The summed E-state index contributed by atoms with van der Waals surface area (Å²) in [5.41, 5.74) is -3.01. The number of nitrogens with zero attached hydrogens (tertiary/aromatic N) is 1. The van der Waals surface area contributed by atoms with E-state index in [1.165, 1.54) is 18.3 Å². The summed E-state index contributed by atoms with van der Waals surface area (Å²) in [5.74, 6) is 0. The van der Waals surface area contributed by atoms with Crippen LogP contribution in [-0.2, 0) is 12.4 Å². The van der Waals surface area contributed by atoms with Crippen molar-refractivity contribution in [1.82, 2.24) is 4.98 Å². The lowest BCUT2D eigenvalue weighted by molar-refractivity contribution is -0.143. The molecule has 2 aromatic rings. The van der Waals surface area contributed by atoms with Crippen LogP contribution < -0.4 is 0 Å². The molecular formula is C13H6F6N. The van der Waals surface area contributed by atoms with Gasteiger partial charge in [0.05, 0.1) is 16.8 Å². The molecule has 0 saturated carbocycles. The van der Waals surface area contributed by atoms with Gasteiger partial charge in [0.2, 0.25) is 0 Å². The third kappa shape index (κ3) is 3.09. The highest BCUT2D eigenvalue weighted by molar-refractivity contribution is 5.61. The standard InChI is InChI=1S/C13H6F6N/c14-12(15,16)9-5-8(11-3-1-2-4-20-11)6-10(7-9)13(17,18)19/h2-7H. The topological polar surface area (TPSA) is 12.9 Å². The Balaban J connectivity index is 2.64. The minimum absolute atomic E-state index is 0.0101. The Bertz CT molecular complexity index is 568. The number of halogens is 6.